The molecule has 2 atom stereocenters. The number of nitrogens with one attached hydrogen (secondary N) is 1. The van der Waals surface area contributed by atoms with Crippen LogP contribution in [0.2, 0.25) is 5.02 Å². The van der Waals surface area contributed by atoms with E-state index in [1.165, 1.54) is 0 Å². The van der Waals surface area contributed by atoms with Crippen molar-refractivity contribution in [2.24, 2.45) is 7.05 Å². The Hall–Kier alpha value is -2.90. The van der Waals surface area contributed by atoms with Crippen molar-refractivity contribution >= 4 is 34.2 Å². The fourth-order valence-corrected chi connectivity index (χ4v) is 4.53. The van der Waals surface area contributed by atoms with Gasteiger partial charge in [-0.15, -0.1) is 0 Å². The summed E-state index contributed by atoms with van der Waals surface area (Å²) in [6.07, 6.45) is 0. The van der Waals surface area contributed by atoms with Crippen LogP contribution in [0.1, 0.15) is 31.3 Å². The van der Waals surface area contributed by atoms with E-state index >= 15 is 0 Å². The van der Waals surface area contributed by atoms with E-state index < -0.39 is 0 Å². The highest BCUT2D eigenvalue weighted by molar-refractivity contribution is 6.31. The number of amides is 2. The van der Waals surface area contributed by atoms with Crippen molar-refractivity contribution < 1.29 is 4.79 Å². The Morgan fingerprint density at radius 1 is 1.22 bits per heavy atom. The zero-order chi connectivity index (χ0) is 23.0. The molecule has 4 rings (SSSR count). The van der Waals surface area contributed by atoms with Gasteiger partial charge in [0.1, 0.15) is 5.82 Å². The predicted octanol–water partition coefficient (Wildman–Crippen LogP) is 4.19. The minimum absolute atomic E-state index is 0.0206. The second-order valence-corrected chi connectivity index (χ2v) is 8.95. The molecule has 2 amide bonds. The summed E-state index contributed by atoms with van der Waals surface area (Å²) in [4.78, 5) is 34.6. The molecule has 2 aromatic carbocycles. The van der Waals surface area contributed by atoms with E-state index in [9.17, 15) is 9.59 Å². The van der Waals surface area contributed by atoms with Crippen LogP contribution in [0.3, 0.4) is 0 Å². The quantitative estimate of drug-likeness (QED) is 0.645. The van der Waals surface area contributed by atoms with Crippen molar-refractivity contribution in [1.82, 2.24) is 19.4 Å². The van der Waals surface area contributed by atoms with Gasteiger partial charge in [-0.05, 0) is 56.7 Å². The van der Waals surface area contributed by atoms with Crippen LogP contribution in [0, 0.1) is 6.92 Å². The van der Waals surface area contributed by atoms with Crippen LogP contribution in [-0.4, -0.2) is 51.1 Å². The molecule has 7 nitrogen and oxygen atoms in total. The number of piperazine rings is 1. The first-order valence-electron chi connectivity index (χ1n) is 10.8. The summed E-state index contributed by atoms with van der Waals surface area (Å²) in [5.74, 6) is 0.703. The Labute approximate surface area is 192 Å². The van der Waals surface area contributed by atoms with Crippen LogP contribution in [0.5, 0.6) is 0 Å². The second-order valence-electron chi connectivity index (χ2n) is 8.51. The van der Waals surface area contributed by atoms with E-state index in [0.29, 0.717) is 41.4 Å². The van der Waals surface area contributed by atoms with Gasteiger partial charge in [-0.3, -0.25) is 14.3 Å². The fourth-order valence-electron chi connectivity index (χ4n) is 4.35. The van der Waals surface area contributed by atoms with Gasteiger partial charge in [-0.25, -0.2) is 9.78 Å². The van der Waals surface area contributed by atoms with Crippen LogP contribution >= 0.6 is 11.6 Å². The molecule has 3 aromatic rings. The van der Waals surface area contributed by atoms with Crippen molar-refractivity contribution in [3.63, 3.8) is 0 Å². The normalized spacial score (nSPS) is 18.0. The highest BCUT2D eigenvalue weighted by Crippen LogP contribution is 2.24. The van der Waals surface area contributed by atoms with Gasteiger partial charge in [0.05, 0.1) is 16.9 Å². The minimum atomic E-state index is -0.108. The molecule has 168 valence electrons. The van der Waals surface area contributed by atoms with E-state index in [0.717, 1.165) is 11.3 Å². The Morgan fingerprint density at radius 3 is 2.72 bits per heavy atom. The molecular weight excluding hydrogens is 426 g/mol. The number of fused-ring (bicyclic) bond motifs is 1. The lowest BCUT2D eigenvalue weighted by Gasteiger charge is -2.42. The van der Waals surface area contributed by atoms with E-state index in [2.05, 4.69) is 17.1 Å². The number of aromatic nitrogens is 2. The summed E-state index contributed by atoms with van der Waals surface area (Å²) >= 11 is 6.06. The molecule has 0 bridgehead atoms. The first-order valence-corrected chi connectivity index (χ1v) is 11.2. The lowest BCUT2D eigenvalue weighted by molar-refractivity contribution is 0.0796. The molecule has 1 aliphatic heterocycles. The van der Waals surface area contributed by atoms with Gasteiger partial charge in [-0.2, -0.15) is 0 Å². The third-order valence-corrected chi connectivity index (χ3v) is 6.42. The van der Waals surface area contributed by atoms with E-state index in [1.54, 1.807) is 29.8 Å². The van der Waals surface area contributed by atoms with Crippen molar-refractivity contribution in [2.45, 2.75) is 32.9 Å². The lowest BCUT2D eigenvalue weighted by atomic mass is 10.1. The number of rotatable bonds is 3. The molecule has 2 unspecified atom stereocenters. The Balaban J connectivity index is 1.49. The Morgan fingerprint density at radius 2 is 2.00 bits per heavy atom. The molecular formula is C24H28ClN5O2. The minimum Gasteiger partial charge on any atom is -0.319 e. The van der Waals surface area contributed by atoms with Gasteiger partial charge in [0.25, 0.3) is 5.56 Å². The van der Waals surface area contributed by atoms with Crippen LogP contribution in [0.4, 0.5) is 10.5 Å². The number of carbonyl (C=O) groups excluding carboxylic acids is 1. The monoisotopic (exact) mass is 453 g/mol. The van der Waals surface area contributed by atoms with Crippen molar-refractivity contribution in [3.8, 4) is 0 Å². The molecule has 1 aliphatic rings. The van der Waals surface area contributed by atoms with E-state index in [1.807, 2.05) is 43.0 Å². The molecule has 2 heterocycles. The topological polar surface area (TPSA) is 70.5 Å². The van der Waals surface area contributed by atoms with Gasteiger partial charge < -0.3 is 10.2 Å². The Kier molecular flexibility index (Phi) is 6.22. The second kappa shape index (κ2) is 8.92. The molecule has 0 aliphatic carbocycles. The van der Waals surface area contributed by atoms with Crippen molar-refractivity contribution in [3.05, 3.63) is 69.2 Å². The number of hydrogen-bond acceptors (Lipinski definition) is 4. The lowest BCUT2D eigenvalue weighted by Crippen LogP contribution is -2.55. The maximum Gasteiger partial charge on any atom is 0.322 e. The number of aryl methyl sites for hydroxylation is 1. The summed E-state index contributed by atoms with van der Waals surface area (Å²) in [6, 6.07) is 12.8. The highest BCUT2D eigenvalue weighted by atomic mass is 35.5. The number of hydrogen-bond donors (Lipinski definition) is 1. The third-order valence-electron chi connectivity index (χ3n) is 6.18. The number of anilines is 1. The largest absolute Gasteiger partial charge is 0.322 e. The van der Waals surface area contributed by atoms with Crippen molar-refractivity contribution in [2.75, 3.05) is 25.0 Å². The number of nitrogens with zero attached hydrogens (tertiary/aromatic N) is 4. The van der Waals surface area contributed by atoms with Crippen molar-refractivity contribution in [1.29, 1.82) is 0 Å². The number of carbonyl (C=O) groups is 1. The summed E-state index contributed by atoms with van der Waals surface area (Å²) in [7, 11) is 1.75. The number of urea groups is 1. The molecule has 8 heteroatoms. The zero-order valence-electron chi connectivity index (χ0n) is 18.8. The SMILES string of the molecule is Cc1cccc(NC(=O)N2CCN(C(C)c3nc4ccc(Cl)cc4c(=O)n3C)CC2C)c1. The predicted molar refractivity (Wildman–Crippen MR) is 128 cm³/mol. The first-order chi connectivity index (χ1) is 15.2. The van der Waals surface area contributed by atoms with Gasteiger partial charge >= 0.3 is 6.03 Å². The third kappa shape index (κ3) is 4.36. The maximum absolute atomic E-state index is 12.9. The van der Waals surface area contributed by atoms with Gasteiger partial charge in [0.2, 0.25) is 0 Å². The molecule has 1 saturated heterocycles. The highest BCUT2D eigenvalue weighted by Gasteiger charge is 2.31. The smallest absolute Gasteiger partial charge is 0.319 e. The van der Waals surface area contributed by atoms with Crippen LogP contribution in [-0.2, 0) is 7.05 Å². The van der Waals surface area contributed by atoms with Crippen LogP contribution in [0.25, 0.3) is 10.9 Å². The van der Waals surface area contributed by atoms with E-state index in [-0.39, 0.29) is 23.7 Å². The standard InChI is InChI=1S/C24H28ClN5O2/c1-15-6-5-7-19(12-15)26-24(32)30-11-10-29(14-16(30)2)17(3)22-27-21-9-8-18(25)13-20(21)23(31)28(22)4/h5-9,12-13,16-17H,10-11,14H2,1-4H3,(H,26,32). The van der Waals surface area contributed by atoms with Crippen LogP contribution in [0.15, 0.2) is 47.3 Å². The average Bonchev–Trinajstić information content (AvgIpc) is 2.76. The van der Waals surface area contributed by atoms with Gasteiger partial charge in [0, 0.05) is 43.4 Å². The molecule has 0 saturated carbocycles. The van der Waals surface area contributed by atoms with Gasteiger partial charge in [-0.1, -0.05) is 23.7 Å². The molecule has 0 spiro atoms. The zero-order valence-corrected chi connectivity index (χ0v) is 19.6. The van der Waals surface area contributed by atoms with Crippen LogP contribution < -0.4 is 10.9 Å². The molecule has 1 fully saturated rings. The molecule has 1 N–H and O–H groups in total. The van der Waals surface area contributed by atoms with Gasteiger partial charge in [0.15, 0.2) is 0 Å². The summed E-state index contributed by atoms with van der Waals surface area (Å²) in [6.45, 7) is 8.09. The average molecular weight is 454 g/mol. The maximum atomic E-state index is 12.9. The number of benzene rings is 2. The first kappa shape index (κ1) is 22.3. The number of halogens is 1. The molecule has 1 aromatic heterocycles. The summed E-state index contributed by atoms with van der Waals surface area (Å²) < 4.78 is 1.60. The molecule has 32 heavy (non-hydrogen) atoms. The fraction of sp³-hybridized carbons (Fsp3) is 0.375. The summed E-state index contributed by atoms with van der Waals surface area (Å²) in [5.41, 5.74) is 2.44. The summed E-state index contributed by atoms with van der Waals surface area (Å²) in [5, 5.41) is 4.03. The van der Waals surface area contributed by atoms with E-state index in [4.69, 9.17) is 16.6 Å². The molecule has 0 radical (unpaired) electrons. The Bertz CT molecular complexity index is 1220.